The van der Waals surface area contributed by atoms with Gasteiger partial charge in [-0.05, 0) is 37.1 Å². The first-order chi connectivity index (χ1) is 11.5. The van der Waals surface area contributed by atoms with Gasteiger partial charge in [-0.2, -0.15) is 0 Å². The third kappa shape index (κ3) is 3.64. The number of benzene rings is 1. The molecule has 6 nitrogen and oxygen atoms in total. The van der Waals surface area contributed by atoms with Gasteiger partial charge in [0.25, 0.3) is 0 Å². The van der Waals surface area contributed by atoms with Crippen molar-refractivity contribution in [1.29, 1.82) is 0 Å². The number of carbonyl (C=O) groups is 1. The molecule has 2 heterocycles. The molecule has 0 bridgehead atoms. The SMILES string of the molecule is CC(=O)N1CCN(c2cc(Nc3ccc(C)c(C)c3)ncn2)CC1. The number of hydrogen-bond acceptors (Lipinski definition) is 5. The maximum absolute atomic E-state index is 11.4. The highest BCUT2D eigenvalue weighted by atomic mass is 16.2. The zero-order chi connectivity index (χ0) is 17.1. The summed E-state index contributed by atoms with van der Waals surface area (Å²) in [4.78, 5) is 24.2. The van der Waals surface area contributed by atoms with Crippen LogP contribution in [0.15, 0.2) is 30.6 Å². The molecule has 1 aromatic heterocycles. The van der Waals surface area contributed by atoms with Gasteiger partial charge in [0.1, 0.15) is 18.0 Å². The standard InChI is InChI=1S/C18H23N5O/c1-13-4-5-16(10-14(13)2)21-17-11-18(20-12-19-17)23-8-6-22(7-9-23)15(3)24/h4-5,10-12H,6-9H2,1-3H3,(H,19,20,21). The maximum Gasteiger partial charge on any atom is 0.219 e. The van der Waals surface area contributed by atoms with Gasteiger partial charge in [0.2, 0.25) is 5.91 Å². The Kier molecular flexibility index (Phi) is 4.64. The van der Waals surface area contributed by atoms with Crippen LogP contribution in [0.5, 0.6) is 0 Å². The molecule has 24 heavy (non-hydrogen) atoms. The van der Waals surface area contributed by atoms with Crippen molar-refractivity contribution in [2.75, 3.05) is 36.4 Å². The molecule has 0 radical (unpaired) electrons. The summed E-state index contributed by atoms with van der Waals surface area (Å²) in [5.41, 5.74) is 3.53. The van der Waals surface area contributed by atoms with Gasteiger partial charge < -0.3 is 15.1 Å². The lowest BCUT2D eigenvalue weighted by molar-refractivity contribution is -0.129. The second kappa shape index (κ2) is 6.86. The maximum atomic E-state index is 11.4. The Morgan fingerprint density at radius 3 is 2.46 bits per heavy atom. The number of carbonyl (C=O) groups excluding carboxylic acids is 1. The van der Waals surface area contributed by atoms with Gasteiger partial charge in [-0.15, -0.1) is 0 Å². The fourth-order valence-electron chi connectivity index (χ4n) is 2.81. The highest BCUT2D eigenvalue weighted by molar-refractivity contribution is 5.73. The van der Waals surface area contributed by atoms with Crippen LogP contribution in [0, 0.1) is 13.8 Å². The molecule has 2 aromatic rings. The smallest absolute Gasteiger partial charge is 0.219 e. The fraction of sp³-hybridized carbons (Fsp3) is 0.389. The zero-order valence-corrected chi connectivity index (χ0v) is 14.4. The predicted molar refractivity (Wildman–Crippen MR) is 95.7 cm³/mol. The average molecular weight is 325 g/mol. The highest BCUT2D eigenvalue weighted by Gasteiger charge is 2.19. The molecule has 1 fully saturated rings. The summed E-state index contributed by atoms with van der Waals surface area (Å²) in [6, 6.07) is 8.22. The van der Waals surface area contributed by atoms with Gasteiger partial charge in [0.05, 0.1) is 0 Å². The molecule has 0 unspecified atom stereocenters. The van der Waals surface area contributed by atoms with Crippen molar-refractivity contribution in [3.8, 4) is 0 Å². The minimum absolute atomic E-state index is 0.134. The molecule has 1 aliphatic rings. The zero-order valence-electron chi connectivity index (χ0n) is 14.4. The van der Waals surface area contributed by atoms with Gasteiger partial charge in [-0.25, -0.2) is 9.97 Å². The van der Waals surface area contributed by atoms with E-state index in [9.17, 15) is 4.79 Å². The average Bonchev–Trinajstić information content (AvgIpc) is 2.58. The molecule has 1 amide bonds. The Hall–Kier alpha value is -2.63. The Labute approximate surface area is 142 Å². The quantitative estimate of drug-likeness (QED) is 0.939. The van der Waals surface area contributed by atoms with Crippen LogP contribution in [0.4, 0.5) is 17.3 Å². The van der Waals surface area contributed by atoms with E-state index in [1.54, 1.807) is 13.3 Å². The lowest BCUT2D eigenvalue weighted by Gasteiger charge is -2.34. The van der Waals surface area contributed by atoms with Crippen LogP contribution < -0.4 is 10.2 Å². The van der Waals surface area contributed by atoms with Gasteiger partial charge in [-0.1, -0.05) is 6.07 Å². The molecular weight excluding hydrogens is 302 g/mol. The van der Waals surface area contributed by atoms with Crippen LogP contribution in [-0.4, -0.2) is 47.0 Å². The highest BCUT2D eigenvalue weighted by Crippen LogP contribution is 2.21. The van der Waals surface area contributed by atoms with E-state index in [0.717, 1.165) is 43.5 Å². The van der Waals surface area contributed by atoms with E-state index in [1.165, 1.54) is 11.1 Å². The van der Waals surface area contributed by atoms with Crippen molar-refractivity contribution in [1.82, 2.24) is 14.9 Å². The molecule has 0 atom stereocenters. The van der Waals surface area contributed by atoms with Gasteiger partial charge in [0.15, 0.2) is 0 Å². The first kappa shape index (κ1) is 16.2. The fourth-order valence-corrected chi connectivity index (χ4v) is 2.81. The number of piperazine rings is 1. The van der Waals surface area contributed by atoms with Crippen molar-refractivity contribution in [2.45, 2.75) is 20.8 Å². The Morgan fingerprint density at radius 1 is 1.04 bits per heavy atom. The van der Waals surface area contributed by atoms with E-state index in [1.807, 2.05) is 11.0 Å². The summed E-state index contributed by atoms with van der Waals surface area (Å²) < 4.78 is 0. The number of hydrogen-bond donors (Lipinski definition) is 1. The van der Waals surface area contributed by atoms with Crippen LogP contribution in [0.25, 0.3) is 0 Å². The Bertz CT molecular complexity index is 738. The van der Waals surface area contributed by atoms with E-state index >= 15 is 0 Å². The second-order valence-electron chi connectivity index (χ2n) is 6.18. The van der Waals surface area contributed by atoms with Gasteiger partial charge in [-0.3, -0.25) is 4.79 Å². The summed E-state index contributed by atoms with van der Waals surface area (Å²) in [7, 11) is 0. The summed E-state index contributed by atoms with van der Waals surface area (Å²) >= 11 is 0. The third-order valence-corrected chi connectivity index (χ3v) is 4.48. The Morgan fingerprint density at radius 2 is 1.79 bits per heavy atom. The molecule has 3 rings (SSSR count). The number of amides is 1. The van der Waals surface area contributed by atoms with E-state index in [4.69, 9.17) is 0 Å². The molecule has 1 aromatic carbocycles. The van der Waals surface area contributed by atoms with Crippen LogP contribution in [0.2, 0.25) is 0 Å². The number of nitrogens with one attached hydrogen (secondary N) is 1. The van der Waals surface area contributed by atoms with Crippen LogP contribution >= 0.6 is 0 Å². The summed E-state index contributed by atoms with van der Waals surface area (Å²) in [5, 5.41) is 3.34. The molecule has 6 heteroatoms. The van der Waals surface area contributed by atoms with Crippen molar-refractivity contribution in [3.63, 3.8) is 0 Å². The molecule has 1 N–H and O–H groups in total. The lowest BCUT2D eigenvalue weighted by atomic mass is 10.1. The number of aryl methyl sites for hydroxylation is 2. The molecule has 126 valence electrons. The van der Waals surface area contributed by atoms with Crippen molar-refractivity contribution < 1.29 is 4.79 Å². The lowest BCUT2D eigenvalue weighted by Crippen LogP contribution is -2.48. The van der Waals surface area contributed by atoms with Crippen molar-refractivity contribution in [3.05, 3.63) is 41.7 Å². The monoisotopic (exact) mass is 325 g/mol. The minimum Gasteiger partial charge on any atom is -0.353 e. The molecule has 0 spiro atoms. The molecule has 1 saturated heterocycles. The second-order valence-corrected chi connectivity index (χ2v) is 6.18. The largest absolute Gasteiger partial charge is 0.353 e. The van der Waals surface area contributed by atoms with E-state index in [-0.39, 0.29) is 5.91 Å². The number of rotatable bonds is 3. The van der Waals surface area contributed by atoms with E-state index in [2.05, 4.69) is 52.2 Å². The number of nitrogens with zero attached hydrogens (tertiary/aromatic N) is 4. The van der Waals surface area contributed by atoms with Crippen LogP contribution in [-0.2, 0) is 4.79 Å². The van der Waals surface area contributed by atoms with Crippen molar-refractivity contribution >= 4 is 23.2 Å². The first-order valence-corrected chi connectivity index (χ1v) is 8.20. The summed E-state index contributed by atoms with van der Waals surface area (Å²) in [6.07, 6.45) is 1.58. The Balaban J connectivity index is 1.70. The van der Waals surface area contributed by atoms with Crippen molar-refractivity contribution in [2.24, 2.45) is 0 Å². The van der Waals surface area contributed by atoms with E-state index < -0.39 is 0 Å². The predicted octanol–water partition coefficient (Wildman–Crippen LogP) is 2.51. The topological polar surface area (TPSA) is 61.4 Å². The van der Waals surface area contributed by atoms with E-state index in [0.29, 0.717) is 0 Å². The normalized spacial score (nSPS) is 14.6. The third-order valence-electron chi connectivity index (χ3n) is 4.48. The molecule has 1 aliphatic heterocycles. The summed E-state index contributed by atoms with van der Waals surface area (Å²) in [6.45, 7) is 8.87. The van der Waals surface area contributed by atoms with Crippen LogP contribution in [0.3, 0.4) is 0 Å². The summed E-state index contributed by atoms with van der Waals surface area (Å²) in [5.74, 6) is 1.80. The van der Waals surface area contributed by atoms with Gasteiger partial charge in [0, 0.05) is 44.9 Å². The number of aromatic nitrogens is 2. The molecule has 0 saturated carbocycles. The molecule has 0 aliphatic carbocycles. The number of anilines is 3. The first-order valence-electron chi connectivity index (χ1n) is 8.20. The van der Waals surface area contributed by atoms with Crippen LogP contribution in [0.1, 0.15) is 18.1 Å². The minimum atomic E-state index is 0.134. The van der Waals surface area contributed by atoms with Gasteiger partial charge >= 0.3 is 0 Å². The molecular formula is C18H23N5O.